The number of aromatic hydroxyl groups is 1. The van der Waals surface area contributed by atoms with Gasteiger partial charge in [0.1, 0.15) is 12.0 Å². The van der Waals surface area contributed by atoms with E-state index in [4.69, 9.17) is 5.73 Å². The number of carbonyl (C=O) groups excluding carboxylic acids is 2. The molecule has 4 nitrogen and oxygen atoms in total. The summed E-state index contributed by atoms with van der Waals surface area (Å²) in [5.41, 5.74) is 12.1. The van der Waals surface area contributed by atoms with Crippen molar-refractivity contribution < 1.29 is 14.7 Å². The summed E-state index contributed by atoms with van der Waals surface area (Å²) in [4.78, 5) is 21.5. The third-order valence-corrected chi connectivity index (χ3v) is 6.72. The third kappa shape index (κ3) is 10.3. The molecular weight excluding hydrogens is 470 g/mol. The molecule has 0 aliphatic carbocycles. The lowest BCUT2D eigenvalue weighted by molar-refractivity contribution is -0.118. The Balaban J connectivity index is 0.000000382. The number of aldehydes is 1. The first-order valence-corrected chi connectivity index (χ1v) is 13.8. The molecular formula is C34H53NO3. The second-order valence-corrected chi connectivity index (χ2v) is 14.6. The first kappa shape index (κ1) is 33.4. The van der Waals surface area contributed by atoms with Gasteiger partial charge in [-0.15, -0.1) is 0 Å². The van der Waals surface area contributed by atoms with Crippen molar-refractivity contribution in [1.29, 1.82) is 0 Å². The smallest absolute Gasteiger partial charge is 0.217 e. The van der Waals surface area contributed by atoms with Crippen molar-refractivity contribution in [2.24, 2.45) is 5.73 Å². The van der Waals surface area contributed by atoms with Crippen LogP contribution in [0.3, 0.4) is 0 Å². The standard InChI is InChI=1S/C17H27NO2.C17H26O/c1-16(2,3)12-9-11(7-8-14(18)19)10-13(15(12)20)17(4,5)6;1-16(2,3)14-10-13(8-7-9-18)11-15(12-14)17(4,5)6/h9-10,20H,7-8H2,1-6H3,(H2,18,19);9-12H,7-8H2,1-6H3. The van der Waals surface area contributed by atoms with Gasteiger partial charge in [-0.2, -0.15) is 0 Å². The zero-order valence-corrected chi connectivity index (χ0v) is 26.1. The molecule has 0 aromatic heterocycles. The molecule has 1 amide bonds. The molecule has 0 spiro atoms. The average molecular weight is 524 g/mol. The molecule has 2 aromatic carbocycles. The molecule has 0 aliphatic rings. The zero-order valence-electron chi connectivity index (χ0n) is 26.1. The molecule has 0 heterocycles. The number of primary amides is 1. The Labute approximate surface area is 232 Å². The van der Waals surface area contributed by atoms with E-state index in [1.807, 2.05) is 12.1 Å². The molecule has 3 N–H and O–H groups in total. The Hall–Kier alpha value is -2.62. The van der Waals surface area contributed by atoms with E-state index >= 15 is 0 Å². The maximum Gasteiger partial charge on any atom is 0.217 e. The Bertz CT molecular complexity index is 1030. The molecule has 0 fully saturated rings. The van der Waals surface area contributed by atoms with E-state index in [1.54, 1.807) is 0 Å². The number of hydrogen-bond donors (Lipinski definition) is 2. The molecule has 0 saturated carbocycles. The number of nitrogens with two attached hydrogens (primary N) is 1. The molecule has 0 atom stereocenters. The quantitative estimate of drug-likeness (QED) is 0.379. The predicted octanol–water partition coefficient (Wildman–Crippen LogP) is 7.82. The lowest BCUT2D eigenvalue weighted by Gasteiger charge is -2.28. The number of hydrogen-bond acceptors (Lipinski definition) is 3. The van der Waals surface area contributed by atoms with Crippen molar-refractivity contribution in [3.8, 4) is 5.75 Å². The number of carbonyl (C=O) groups is 2. The van der Waals surface area contributed by atoms with Gasteiger partial charge in [0, 0.05) is 12.8 Å². The van der Waals surface area contributed by atoms with Crippen LogP contribution < -0.4 is 5.73 Å². The summed E-state index contributed by atoms with van der Waals surface area (Å²) in [7, 11) is 0. The number of phenols is 1. The van der Waals surface area contributed by atoms with Crippen LogP contribution in [0.5, 0.6) is 5.75 Å². The largest absolute Gasteiger partial charge is 0.507 e. The SMILES string of the molecule is CC(C)(C)c1cc(CCC(N)=O)cc(C(C)(C)C)c1O.CC(C)(C)c1cc(CCC=O)cc(C(C)(C)C)c1. The number of amides is 1. The Morgan fingerprint density at radius 1 is 0.684 bits per heavy atom. The summed E-state index contributed by atoms with van der Waals surface area (Å²) in [6.45, 7) is 25.9. The van der Waals surface area contributed by atoms with Gasteiger partial charge >= 0.3 is 0 Å². The van der Waals surface area contributed by atoms with Crippen LogP contribution in [0.1, 0.15) is 129 Å². The van der Waals surface area contributed by atoms with Crippen LogP contribution in [0.2, 0.25) is 0 Å². The van der Waals surface area contributed by atoms with Crippen LogP contribution in [0, 0.1) is 0 Å². The third-order valence-electron chi connectivity index (χ3n) is 6.72. The maximum absolute atomic E-state index is 11.0. The van der Waals surface area contributed by atoms with E-state index in [9.17, 15) is 14.7 Å². The summed E-state index contributed by atoms with van der Waals surface area (Å²) < 4.78 is 0. The molecule has 212 valence electrons. The summed E-state index contributed by atoms with van der Waals surface area (Å²) in [6, 6.07) is 10.8. The fourth-order valence-electron chi connectivity index (χ4n) is 4.18. The van der Waals surface area contributed by atoms with Crippen LogP contribution in [0.25, 0.3) is 0 Å². The lowest BCUT2D eigenvalue weighted by atomic mass is 9.78. The normalized spacial score (nSPS) is 12.5. The highest BCUT2D eigenvalue weighted by molar-refractivity contribution is 5.74. The molecule has 38 heavy (non-hydrogen) atoms. The topological polar surface area (TPSA) is 80.4 Å². The minimum absolute atomic E-state index is 0.146. The monoisotopic (exact) mass is 523 g/mol. The molecule has 2 rings (SSSR count). The number of benzene rings is 2. The van der Waals surface area contributed by atoms with Gasteiger partial charge in [0.25, 0.3) is 0 Å². The molecule has 0 unspecified atom stereocenters. The van der Waals surface area contributed by atoms with Gasteiger partial charge in [-0.05, 0) is 67.9 Å². The number of rotatable bonds is 6. The average Bonchev–Trinajstić information content (AvgIpc) is 2.74. The van der Waals surface area contributed by atoms with E-state index in [1.165, 1.54) is 16.7 Å². The van der Waals surface area contributed by atoms with E-state index in [2.05, 4.69) is 101 Å². The van der Waals surface area contributed by atoms with E-state index in [0.29, 0.717) is 25.0 Å². The molecule has 4 heteroatoms. The molecule has 0 bridgehead atoms. The van der Waals surface area contributed by atoms with Crippen LogP contribution in [-0.2, 0) is 44.1 Å². The van der Waals surface area contributed by atoms with Crippen LogP contribution >= 0.6 is 0 Å². The van der Waals surface area contributed by atoms with Crippen LogP contribution in [0.15, 0.2) is 30.3 Å². The second-order valence-electron chi connectivity index (χ2n) is 14.6. The minimum atomic E-state index is -0.298. The van der Waals surface area contributed by atoms with Crippen molar-refractivity contribution >= 4 is 12.2 Å². The lowest BCUT2D eigenvalue weighted by Crippen LogP contribution is -2.18. The Morgan fingerprint density at radius 2 is 1.08 bits per heavy atom. The Morgan fingerprint density at radius 3 is 1.39 bits per heavy atom. The summed E-state index contributed by atoms with van der Waals surface area (Å²) >= 11 is 0. The van der Waals surface area contributed by atoms with Gasteiger partial charge in [0.2, 0.25) is 5.91 Å². The molecule has 0 radical (unpaired) electrons. The highest BCUT2D eigenvalue weighted by Crippen LogP contribution is 2.40. The van der Waals surface area contributed by atoms with Gasteiger partial charge in [-0.25, -0.2) is 0 Å². The maximum atomic E-state index is 11.0. The minimum Gasteiger partial charge on any atom is -0.507 e. The van der Waals surface area contributed by atoms with Crippen LogP contribution in [-0.4, -0.2) is 17.3 Å². The Kier molecular flexibility index (Phi) is 11.0. The van der Waals surface area contributed by atoms with Crippen molar-refractivity contribution in [3.05, 3.63) is 63.7 Å². The van der Waals surface area contributed by atoms with E-state index < -0.39 is 0 Å². The first-order chi connectivity index (χ1) is 17.1. The van der Waals surface area contributed by atoms with E-state index in [-0.39, 0.29) is 27.6 Å². The zero-order chi connectivity index (χ0) is 29.7. The second kappa shape index (κ2) is 12.5. The fourth-order valence-corrected chi connectivity index (χ4v) is 4.18. The molecule has 2 aromatic rings. The van der Waals surface area contributed by atoms with Gasteiger partial charge in [-0.1, -0.05) is 113 Å². The van der Waals surface area contributed by atoms with Gasteiger partial charge in [0.15, 0.2) is 0 Å². The van der Waals surface area contributed by atoms with Gasteiger partial charge in [0.05, 0.1) is 0 Å². The number of phenolic OH excluding ortho intramolecular Hbond substituents is 1. The summed E-state index contributed by atoms with van der Waals surface area (Å²) in [5.74, 6) is 0.0699. The van der Waals surface area contributed by atoms with Gasteiger partial charge in [-0.3, -0.25) is 4.79 Å². The van der Waals surface area contributed by atoms with Crippen LogP contribution in [0.4, 0.5) is 0 Å². The fraction of sp³-hybridized carbons (Fsp3) is 0.588. The van der Waals surface area contributed by atoms with Crippen molar-refractivity contribution in [2.75, 3.05) is 0 Å². The molecule has 0 aliphatic heterocycles. The first-order valence-electron chi connectivity index (χ1n) is 13.8. The van der Waals surface area contributed by atoms with E-state index in [0.717, 1.165) is 29.4 Å². The highest BCUT2D eigenvalue weighted by Gasteiger charge is 2.26. The summed E-state index contributed by atoms with van der Waals surface area (Å²) in [6.07, 6.45) is 3.40. The predicted molar refractivity (Wildman–Crippen MR) is 161 cm³/mol. The molecule has 0 saturated heterocycles. The number of aryl methyl sites for hydroxylation is 2. The van der Waals surface area contributed by atoms with Gasteiger partial charge < -0.3 is 15.6 Å². The van der Waals surface area contributed by atoms with Crippen molar-refractivity contribution in [3.63, 3.8) is 0 Å². The summed E-state index contributed by atoms with van der Waals surface area (Å²) in [5, 5.41) is 10.6. The van der Waals surface area contributed by atoms with Crippen molar-refractivity contribution in [1.82, 2.24) is 0 Å². The van der Waals surface area contributed by atoms with Crippen molar-refractivity contribution in [2.45, 2.75) is 130 Å². The highest BCUT2D eigenvalue weighted by atomic mass is 16.3.